The van der Waals surface area contributed by atoms with Gasteiger partial charge < -0.3 is 19.1 Å². The average molecular weight is 361 g/mol. The molecular formula is C22H21N2O3+. The summed E-state index contributed by atoms with van der Waals surface area (Å²) in [5.74, 6) is 1.64. The number of benzene rings is 2. The van der Waals surface area contributed by atoms with Crippen LogP contribution in [0.1, 0.15) is 11.5 Å². The fourth-order valence-corrected chi connectivity index (χ4v) is 3.26. The Morgan fingerprint density at radius 1 is 0.815 bits per heavy atom. The first-order chi connectivity index (χ1) is 13.3. The van der Waals surface area contributed by atoms with Crippen molar-refractivity contribution >= 4 is 22.4 Å². The number of hydrogen-bond donors (Lipinski definition) is 2. The molecule has 4 rings (SSSR count). The van der Waals surface area contributed by atoms with Crippen molar-refractivity contribution in [3.63, 3.8) is 0 Å². The van der Waals surface area contributed by atoms with Crippen molar-refractivity contribution in [3.05, 3.63) is 90.8 Å². The zero-order valence-corrected chi connectivity index (χ0v) is 14.9. The van der Waals surface area contributed by atoms with Gasteiger partial charge >= 0.3 is 0 Å². The topological polar surface area (TPSA) is 59.8 Å². The number of nitrogens with one attached hydrogen (secondary N) is 2. The van der Waals surface area contributed by atoms with Gasteiger partial charge in [0.1, 0.15) is 13.1 Å². The number of quaternary nitrogens is 1. The Hall–Kier alpha value is -3.31. The van der Waals surface area contributed by atoms with E-state index in [1.54, 1.807) is 12.5 Å². The van der Waals surface area contributed by atoms with Crippen LogP contribution in [0.5, 0.6) is 0 Å². The Labute approximate surface area is 157 Å². The molecule has 1 amide bonds. The molecule has 0 saturated carbocycles. The summed E-state index contributed by atoms with van der Waals surface area (Å²) < 4.78 is 10.9. The van der Waals surface area contributed by atoms with Gasteiger partial charge in [0.15, 0.2) is 18.1 Å². The Morgan fingerprint density at radius 2 is 1.48 bits per heavy atom. The van der Waals surface area contributed by atoms with Crippen LogP contribution in [0.25, 0.3) is 10.8 Å². The number of fused-ring (bicyclic) bond motifs is 1. The number of amides is 1. The van der Waals surface area contributed by atoms with Gasteiger partial charge in [-0.05, 0) is 35.7 Å². The van der Waals surface area contributed by atoms with Gasteiger partial charge in [0, 0.05) is 11.1 Å². The van der Waals surface area contributed by atoms with E-state index in [1.165, 1.54) is 0 Å². The molecule has 0 bridgehead atoms. The lowest BCUT2D eigenvalue weighted by atomic mass is 10.1. The van der Waals surface area contributed by atoms with Crippen molar-refractivity contribution in [2.24, 2.45) is 0 Å². The Balaban J connectivity index is 1.48. The molecule has 0 aliphatic carbocycles. The van der Waals surface area contributed by atoms with E-state index in [0.29, 0.717) is 19.6 Å². The minimum Gasteiger partial charge on any atom is -0.463 e. The fourth-order valence-electron chi connectivity index (χ4n) is 3.26. The van der Waals surface area contributed by atoms with Crippen molar-refractivity contribution < 1.29 is 18.5 Å². The van der Waals surface area contributed by atoms with E-state index >= 15 is 0 Å². The molecule has 0 aliphatic rings. The third-order valence-electron chi connectivity index (χ3n) is 4.48. The molecule has 2 N–H and O–H groups in total. The monoisotopic (exact) mass is 361 g/mol. The molecule has 5 heteroatoms. The number of anilines is 1. The first kappa shape index (κ1) is 17.1. The quantitative estimate of drug-likeness (QED) is 0.531. The van der Waals surface area contributed by atoms with Crippen LogP contribution < -0.4 is 10.2 Å². The lowest BCUT2D eigenvalue weighted by molar-refractivity contribution is -0.921. The largest absolute Gasteiger partial charge is 0.463 e. The Morgan fingerprint density at radius 3 is 2.15 bits per heavy atom. The van der Waals surface area contributed by atoms with E-state index in [4.69, 9.17) is 8.83 Å². The van der Waals surface area contributed by atoms with Gasteiger partial charge in [-0.1, -0.05) is 36.4 Å². The third kappa shape index (κ3) is 4.27. The number of carbonyl (C=O) groups excluding carboxylic acids is 1. The van der Waals surface area contributed by atoms with Gasteiger partial charge in [-0.25, -0.2) is 0 Å². The molecule has 0 radical (unpaired) electrons. The van der Waals surface area contributed by atoms with Crippen LogP contribution in [0, 0.1) is 0 Å². The van der Waals surface area contributed by atoms with Gasteiger partial charge in [0.2, 0.25) is 0 Å². The molecule has 0 atom stereocenters. The highest BCUT2D eigenvalue weighted by Gasteiger charge is 2.19. The van der Waals surface area contributed by atoms with Crippen LogP contribution in [0.2, 0.25) is 0 Å². The summed E-state index contributed by atoms with van der Waals surface area (Å²) in [6, 6.07) is 21.5. The van der Waals surface area contributed by atoms with Crippen molar-refractivity contribution in [1.82, 2.24) is 0 Å². The summed E-state index contributed by atoms with van der Waals surface area (Å²) >= 11 is 0. The van der Waals surface area contributed by atoms with Crippen LogP contribution in [-0.2, 0) is 17.9 Å². The van der Waals surface area contributed by atoms with Crippen LogP contribution in [0.3, 0.4) is 0 Å². The molecule has 0 unspecified atom stereocenters. The highest BCUT2D eigenvalue weighted by molar-refractivity contribution is 6.02. The second-order valence-corrected chi connectivity index (χ2v) is 6.51. The summed E-state index contributed by atoms with van der Waals surface area (Å²) in [4.78, 5) is 13.8. The second-order valence-electron chi connectivity index (χ2n) is 6.51. The molecule has 0 saturated heterocycles. The number of carbonyl (C=O) groups is 1. The molecular weight excluding hydrogens is 340 g/mol. The van der Waals surface area contributed by atoms with E-state index in [1.807, 2.05) is 66.7 Å². The Kier molecular flexibility index (Phi) is 5.03. The van der Waals surface area contributed by atoms with Crippen LogP contribution in [0.15, 0.2) is 88.1 Å². The minimum atomic E-state index is -0.0422. The first-order valence-corrected chi connectivity index (χ1v) is 8.94. The van der Waals surface area contributed by atoms with Crippen LogP contribution in [-0.4, -0.2) is 12.5 Å². The van der Waals surface area contributed by atoms with Gasteiger partial charge in [-0.15, -0.1) is 0 Å². The standard InChI is InChI=1S/C22H20N2O3/c25-22(23-21-11-3-7-17-6-1-2-10-20(17)21)16-24(14-18-8-4-12-26-18)15-19-9-5-13-27-19/h1-13H,14-16H2,(H,23,25)/p+1. The summed E-state index contributed by atoms with van der Waals surface area (Å²) in [5, 5.41) is 5.19. The fraction of sp³-hybridized carbons (Fsp3) is 0.136. The molecule has 136 valence electrons. The smallest absolute Gasteiger partial charge is 0.279 e. The predicted octanol–water partition coefficient (Wildman–Crippen LogP) is 3.25. The van der Waals surface area contributed by atoms with Gasteiger partial charge in [0.25, 0.3) is 5.91 Å². The maximum Gasteiger partial charge on any atom is 0.279 e. The van der Waals surface area contributed by atoms with E-state index < -0.39 is 0 Å². The molecule has 0 fully saturated rings. The van der Waals surface area contributed by atoms with Gasteiger partial charge in [-0.2, -0.15) is 0 Å². The molecule has 0 aliphatic heterocycles. The number of furan rings is 2. The second kappa shape index (κ2) is 7.93. The van der Waals surface area contributed by atoms with Gasteiger partial charge in [-0.3, -0.25) is 4.79 Å². The van der Waals surface area contributed by atoms with Crippen LogP contribution in [0.4, 0.5) is 5.69 Å². The lowest BCUT2D eigenvalue weighted by Gasteiger charge is -2.17. The van der Waals surface area contributed by atoms with Crippen molar-refractivity contribution in [3.8, 4) is 0 Å². The number of rotatable bonds is 7. The minimum absolute atomic E-state index is 0.0422. The highest BCUT2D eigenvalue weighted by atomic mass is 16.3. The summed E-state index contributed by atoms with van der Waals surface area (Å²) in [6.45, 7) is 1.53. The van der Waals surface area contributed by atoms with Gasteiger partial charge in [0.05, 0.1) is 12.5 Å². The predicted molar refractivity (Wildman–Crippen MR) is 103 cm³/mol. The molecule has 4 aromatic rings. The van der Waals surface area contributed by atoms with E-state index in [9.17, 15) is 4.79 Å². The summed E-state index contributed by atoms with van der Waals surface area (Å²) in [5.41, 5.74) is 0.827. The average Bonchev–Trinajstić information content (AvgIpc) is 3.36. The molecule has 2 heterocycles. The summed E-state index contributed by atoms with van der Waals surface area (Å²) in [7, 11) is 0. The maximum atomic E-state index is 12.7. The van der Waals surface area contributed by atoms with Crippen molar-refractivity contribution in [1.29, 1.82) is 0 Å². The zero-order chi connectivity index (χ0) is 18.5. The molecule has 2 aromatic carbocycles. The van der Waals surface area contributed by atoms with Crippen LogP contribution >= 0.6 is 0 Å². The number of hydrogen-bond acceptors (Lipinski definition) is 3. The highest BCUT2D eigenvalue weighted by Crippen LogP contribution is 2.22. The molecule has 2 aromatic heterocycles. The lowest BCUT2D eigenvalue weighted by Crippen LogP contribution is -3.10. The molecule has 5 nitrogen and oxygen atoms in total. The van der Waals surface area contributed by atoms with Crippen molar-refractivity contribution in [2.75, 3.05) is 11.9 Å². The maximum absolute atomic E-state index is 12.7. The zero-order valence-electron chi connectivity index (χ0n) is 14.9. The molecule has 0 spiro atoms. The SMILES string of the molecule is O=C(C[NH+](Cc1ccco1)Cc1ccco1)Nc1cccc2ccccc12. The normalized spacial score (nSPS) is 11.1. The molecule has 27 heavy (non-hydrogen) atoms. The first-order valence-electron chi connectivity index (χ1n) is 8.94. The third-order valence-corrected chi connectivity index (χ3v) is 4.48. The van der Waals surface area contributed by atoms with E-state index in [-0.39, 0.29) is 5.91 Å². The van der Waals surface area contributed by atoms with Crippen molar-refractivity contribution in [2.45, 2.75) is 13.1 Å². The van der Waals surface area contributed by atoms with E-state index in [2.05, 4.69) is 5.32 Å². The van der Waals surface area contributed by atoms with E-state index in [0.717, 1.165) is 32.9 Å². The Bertz CT molecular complexity index is 966. The summed E-state index contributed by atoms with van der Waals surface area (Å²) in [6.07, 6.45) is 3.30.